The zero-order chi connectivity index (χ0) is 18.4. The second-order valence-corrected chi connectivity index (χ2v) is 6.69. The molecule has 0 unspecified atom stereocenters. The van der Waals surface area contributed by atoms with Gasteiger partial charge in [-0.2, -0.15) is 4.98 Å². The van der Waals surface area contributed by atoms with Gasteiger partial charge in [0.2, 0.25) is 5.95 Å². The van der Waals surface area contributed by atoms with E-state index in [1.54, 1.807) is 13.3 Å². The number of aromatic nitrogens is 2. The van der Waals surface area contributed by atoms with Gasteiger partial charge in [0.25, 0.3) is 0 Å². The number of para-hydroxylation sites is 2. The summed E-state index contributed by atoms with van der Waals surface area (Å²) in [5, 5.41) is 6.53. The molecule has 1 heterocycles. The largest absolute Gasteiger partial charge is 0.497 e. The monoisotopic (exact) mass is 431 g/mol. The predicted molar refractivity (Wildman–Crippen MR) is 113 cm³/mol. The summed E-state index contributed by atoms with van der Waals surface area (Å²) < 4.78 is 9.19. The van der Waals surface area contributed by atoms with Crippen molar-refractivity contribution in [3.8, 4) is 5.75 Å². The Morgan fingerprint density at radius 1 is 1.00 bits per heavy atom. The summed E-state index contributed by atoms with van der Waals surface area (Å²) in [6.45, 7) is 0. The minimum atomic E-state index is 0.496. The van der Waals surface area contributed by atoms with Gasteiger partial charge in [0.05, 0.1) is 23.0 Å². The van der Waals surface area contributed by atoms with Crippen LogP contribution in [0.1, 0.15) is 0 Å². The molecule has 0 radical (unpaired) electrons. The molecule has 0 atom stereocenters. The maximum absolute atomic E-state index is 5.17. The topological polar surface area (TPSA) is 71.1 Å². The van der Waals surface area contributed by atoms with Gasteiger partial charge in [-0.25, -0.2) is 4.98 Å². The Bertz CT molecular complexity index is 876. The summed E-state index contributed by atoms with van der Waals surface area (Å²) in [4.78, 5) is 8.88. The molecule has 3 aromatic rings. The van der Waals surface area contributed by atoms with E-state index >= 15 is 0 Å². The minimum absolute atomic E-state index is 0.496. The zero-order valence-electron chi connectivity index (χ0n) is 14.3. The highest BCUT2D eigenvalue weighted by molar-refractivity contribution is 9.10. The van der Waals surface area contributed by atoms with Crippen LogP contribution in [0.2, 0.25) is 0 Å². The number of nitrogens with zero attached hydrogens (tertiary/aromatic N) is 2. The van der Waals surface area contributed by atoms with Crippen molar-refractivity contribution >= 4 is 56.7 Å². The van der Waals surface area contributed by atoms with Crippen LogP contribution in [0.5, 0.6) is 5.75 Å². The molecule has 26 heavy (non-hydrogen) atoms. The molecule has 0 amide bonds. The second-order valence-electron chi connectivity index (χ2n) is 5.22. The van der Waals surface area contributed by atoms with Crippen LogP contribution in [0.25, 0.3) is 0 Å². The minimum Gasteiger partial charge on any atom is -0.497 e. The van der Waals surface area contributed by atoms with E-state index in [2.05, 4.69) is 41.3 Å². The summed E-state index contributed by atoms with van der Waals surface area (Å²) in [6, 6.07) is 15.5. The van der Waals surface area contributed by atoms with Crippen LogP contribution >= 0.6 is 27.9 Å². The van der Waals surface area contributed by atoms with Crippen molar-refractivity contribution in [2.24, 2.45) is 0 Å². The first-order valence-corrected chi connectivity index (χ1v) is 9.80. The number of rotatable bonds is 7. The number of nitrogens with one attached hydrogen (secondary N) is 3. The van der Waals surface area contributed by atoms with Gasteiger partial charge < -0.3 is 20.1 Å². The van der Waals surface area contributed by atoms with Crippen LogP contribution in [0.4, 0.5) is 28.8 Å². The quantitative estimate of drug-likeness (QED) is 0.431. The Balaban J connectivity index is 1.81. The lowest BCUT2D eigenvalue weighted by atomic mass is 10.2. The third kappa shape index (κ3) is 4.59. The van der Waals surface area contributed by atoms with Crippen molar-refractivity contribution in [1.82, 2.24) is 9.97 Å². The van der Waals surface area contributed by atoms with E-state index in [4.69, 9.17) is 4.74 Å². The van der Waals surface area contributed by atoms with Crippen molar-refractivity contribution in [3.05, 3.63) is 59.2 Å². The Morgan fingerprint density at radius 3 is 2.42 bits per heavy atom. The molecule has 0 aliphatic rings. The van der Waals surface area contributed by atoms with Gasteiger partial charge in [-0.3, -0.25) is 0 Å². The molecule has 8 heteroatoms. The summed E-state index contributed by atoms with van der Waals surface area (Å²) >= 11 is 5.03. The molecule has 0 aliphatic carbocycles. The fraction of sp³-hybridized carbons (Fsp3) is 0.111. The van der Waals surface area contributed by atoms with Gasteiger partial charge in [-0.15, -0.1) is 0 Å². The maximum atomic E-state index is 5.17. The molecule has 0 saturated carbocycles. The van der Waals surface area contributed by atoms with E-state index in [1.165, 1.54) is 11.9 Å². The molecule has 0 spiro atoms. The lowest BCUT2D eigenvalue weighted by Crippen LogP contribution is -2.02. The molecule has 3 N–H and O–H groups in total. The summed E-state index contributed by atoms with van der Waals surface area (Å²) in [6.07, 6.45) is 3.69. The number of methoxy groups -OCH3 is 1. The van der Waals surface area contributed by atoms with Gasteiger partial charge >= 0.3 is 0 Å². The van der Waals surface area contributed by atoms with Gasteiger partial charge in [0.1, 0.15) is 11.6 Å². The third-order valence-corrected chi connectivity index (χ3v) is 4.49. The SMILES string of the molecule is COc1ccc(Nc2ncc(Br)c(Nc3ccccc3NSC)n2)cc1. The molecular weight excluding hydrogens is 414 g/mol. The van der Waals surface area contributed by atoms with Gasteiger partial charge in [-0.1, -0.05) is 24.1 Å². The van der Waals surface area contributed by atoms with E-state index in [-0.39, 0.29) is 0 Å². The highest BCUT2D eigenvalue weighted by atomic mass is 79.9. The summed E-state index contributed by atoms with van der Waals surface area (Å²) in [5.74, 6) is 1.97. The molecule has 6 nitrogen and oxygen atoms in total. The molecule has 2 aromatic carbocycles. The third-order valence-electron chi connectivity index (χ3n) is 3.48. The lowest BCUT2D eigenvalue weighted by Gasteiger charge is -2.14. The van der Waals surface area contributed by atoms with Crippen LogP contribution in [-0.2, 0) is 0 Å². The van der Waals surface area contributed by atoms with Crippen LogP contribution in [0.15, 0.2) is 59.2 Å². The first-order valence-electron chi connectivity index (χ1n) is 7.78. The van der Waals surface area contributed by atoms with Crippen LogP contribution in [0, 0.1) is 0 Å². The van der Waals surface area contributed by atoms with E-state index in [1.807, 2.05) is 54.8 Å². The van der Waals surface area contributed by atoms with Gasteiger partial charge in [0, 0.05) is 18.1 Å². The standard InChI is InChI=1S/C18H18BrN5OS/c1-25-13-9-7-12(8-10-13)21-18-20-11-14(19)17(23-18)22-15-5-3-4-6-16(15)24-26-2/h3-11,24H,1-2H3,(H2,20,21,22,23). The Kier molecular flexibility index (Phi) is 6.19. The lowest BCUT2D eigenvalue weighted by molar-refractivity contribution is 0.415. The van der Waals surface area contributed by atoms with Gasteiger partial charge in [-0.05, 0) is 52.3 Å². The fourth-order valence-electron chi connectivity index (χ4n) is 2.24. The highest BCUT2D eigenvalue weighted by Crippen LogP contribution is 2.30. The van der Waals surface area contributed by atoms with Crippen molar-refractivity contribution in [3.63, 3.8) is 0 Å². The van der Waals surface area contributed by atoms with Crippen LogP contribution < -0.4 is 20.1 Å². The number of halogens is 1. The van der Waals surface area contributed by atoms with E-state index < -0.39 is 0 Å². The maximum Gasteiger partial charge on any atom is 0.229 e. The average Bonchev–Trinajstić information content (AvgIpc) is 2.67. The van der Waals surface area contributed by atoms with E-state index in [0.29, 0.717) is 11.8 Å². The molecule has 1 aromatic heterocycles. The normalized spacial score (nSPS) is 10.3. The summed E-state index contributed by atoms with van der Waals surface area (Å²) in [7, 11) is 1.64. The number of anilines is 5. The average molecular weight is 432 g/mol. The summed E-state index contributed by atoms with van der Waals surface area (Å²) in [5.41, 5.74) is 2.79. The van der Waals surface area contributed by atoms with E-state index in [0.717, 1.165) is 27.3 Å². The molecule has 134 valence electrons. The second kappa shape index (κ2) is 8.77. The Labute approximate surface area is 165 Å². The number of hydrogen-bond acceptors (Lipinski definition) is 7. The predicted octanol–water partition coefficient (Wildman–Crippen LogP) is 5.42. The fourth-order valence-corrected chi connectivity index (χ4v) is 2.93. The number of ether oxygens (including phenoxy) is 1. The Morgan fingerprint density at radius 2 is 1.73 bits per heavy atom. The molecule has 0 fully saturated rings. The van der Waals surface area contributed by atoms with Crippen molar-refractivity contribution in [2.75, 3.05) is 28.7 Å². The zero-order valence-corrected chi connectivity index (χ0v) is 16.7. The van der Waals surface area contributed by atoms with Gasteiger partial charge in [0.15, 0.2) is 0 Å². The first kappa shape index (κ1) is 18.3. The van der Waals surface area contributed by atoms with Crippen molar-refractivity contribution in [2.45, 2.75) is 0 Å². The van der Waals surface area contributed by atoms with Crippen LogP contribution in [0.3, 0.4) is 0 Å². The molecule has 3 rings (SSSR count). The smallest absolute Gasteiger partial charge is 0.229 e. The molecule has 0 aliphatic heterocycles. The molecule has 0 saturated heterocycles. The Hall–Kier alpha value is -2.45. The number of benzene rings is 2. The highest BCUT2D eigenvalue weighted by Gasteiger charge is 2.08. The van der Waals surface area contributed by atoms with Crippen LogP contribution in [-0.4, -0.2) is 23.3 Å². The van der Waals surface area contributed by atoms with Crippen molar-refractivity contribution in [1.29, 1.82) is 0 Å². The molecular formula is C18H18BrN5OS. The first-order chi connectivity index (χ1) is 12.7. The van der Waals surface area contributed by atoms with Crippen molar-refractivity contribution < 1.29 is 4.74 Å². The number of hydrogen-bond donors (Lipinski definition) is 3. The molecule has 0 bridgehead atoms. The van der Waals surface area contributed by atoms with E-state index in [9.17, 15) is 0 Å².